The predicted octanol–water partition coefficient (Wildman–Crippen LogP) is 1.52. The molecule has 0 fully saturated rings. The first-order valence-electron chi connectivity index (χ1n) is 7.10. The topological polar surface area (TPSA) is 105 Å². The highest BCUT2D eigenvalue weighted by molar-refractivity contribution is 7.89. The van der Waals surface area contributed by atoms with Crippen LogP contribution in [-0.2, 0) is 15.6 Å². The lowest BCUT2D eigenvalue weighted by atomic mass is 10.1. The Kier molecular flexibility index (Phi) is 5.08. The van der Waals surface area contributed by atoms with E-state index in [0.717, 1.165) is 6.26 Å². The summed E-state index contributed by atoms with van der Waals surface area (Å²) in [4.78, 5) is 24.0. The van der Waals surface area contributed by atoms with E-state index >= 15 is 0 Å². The molecule has 1 heterocycles. The molecule has 1 aromatic heterocycles. The fraction of sp³-hybridized carbons (Fsp3) is 0.250. The summed E-state index contributed by atoms with van der Waals surface area (Å²) in [5.74, 6) is -0.0153. The van der Waals surface area contributed by atoms with E-state index < -0.39 is 21.7 Å². The van der Waals surface area contributed by atoms with Crippen LogP contribution in [0.1, 0.15) is 37.8 Å². The Bertz CT molecular complexity index is 866. The normalized spacial score (nSPS) is 11.1. The molecule has 128 valence electrons. The average Bonchev–Trinajstić information content (AvgIpc) is 2.82. The number of benzene rings is 1. The Morgan fingerprint density at radius 2 is 1.62 bits per heavy atom. The van der Waals surface area contributed by atoms with Gasteiger partial charge in [-0.2, -0.15) is 0 Å². The number of aryl methyl sites for hydroxylation is 2. The van der Waals surface area contributed by atoms with Crippen molar-refractivity contribution >= 4 is 21.7 Å². The van der Waals surface area contributed by atoms with Gasteiger partial charge in [-0.15, -0.1) is 0 Å². The second-order valence-corrected chi connectivity index (χ2v) is 7.64. The molecule has 2 amide bonds. The second-order valence-electron chi connectivity index (χ2n) is 5.50. The van der Waals surface area contributed by atoms with Crippen molar-refractivity contribution in [1.82, 2.24) is 10.9 Å². The van der Waals surface area contributed by atoms with E-state index in [1.165, 1.54) is 12.1 Å². The third-order valence-corrected chi connectivity index (χ3v) is 4.08. The molecule has 0 radical (unpaired) electrons. The molecule has 2 N–H and O–H groups in total. The van der Waals surface area contributed by atoms with Crippen LogP contribution in [0.2, 0.25) is 0 Å². The van der Waals surface area contributed by atoms with Crippen molar-refractivity contribution in [3.05, 3.63) is 58.5 Å². The Morgan fingerprint density at radius 1 is 1.04 bits per heavy atom. The minimum Gasteiger partial charge on any atom is -0.466 e. The highest BCUT2D eigenvalue weighted by Crippen LogP contribution is 2.13. The Hall–Kier alpha value is -2.61. The number of amides is 2. The predicted molar refractivity (Wildman–Crippen MR) is 88.1 cm³/mol. The molecule has 8 heteroatoms. The van der Waals surface area contributed by atoms with Gasteiger partial charge in [0.05, 0.1) is 11.3 Å². The van der Waals surface area contributed by atoms with Gasteiger partial charge in [0.15, 0.2) is 9.84 Å². The molecule has 0 spiro atoms. The molecular weight excluding hydrogens is 332 g/mol. The molecule has 24 heavy (non-hydrogen) atoms. The summed E-state index contributed by atoms with van der Waals surface area (Å²) in [5.41, 5.74) is 5.84. The number of carbonyl (C=O) groups is 2. The number of carbonyl (C=O) groups excluding carboxylic acids is 2. The van der Waals surface area contributed by atoms with Crippen molar-refractivity contribution in [2.24, 2.45) is 0 Å². The molecule has 0 saturated heterocycles. The monoisotopic (exact) mass is 350 g/mol. The number of hydrazine groups is 1. The van der Waals surface area contributed by atoms with Gasteiger partial charge in [0, 0.05) is 11.8 Å². The zero-order valence-electron chi connectivity index (χ0n) is 13.5. The molecule has 7 nitrogen and oxygen atoms in total. The van der Waals surface area contributed by atoms with Gasteiger partial charge in [0.2, 0.25) is 0 Å². The second kappa shape index (κ2) is 6.88. The van der Waals surface area contributed by atoms with E-state index in [4.69, 9.17) is 4.42 Å². The molecular formula is C16H18N2O5S. The maximum atomic E-state index is 12.0. The SMILES string of the molecule is Cc1cc(C(=O)NNC(=O)c2ccc(CS(C)(=O)=O)cc2)c(C)o1. The number of hydrogen-bond donors (Lipinski definition) is 2. The lowest BCUT2D eigenvalue weighted by Gasteiger charge is -2.07. The molecule has 0 aliphatic heterocycles. The van der Waals surface area contributed by atoms with E-state index in [1.54, 1.807) is 32.0 Å². The summed E-state index contributed by atoms with van der Waals surface area (Å²) >= 11 is 0. The van der Waals surface area contributed by atoms with Crippen molar-refractivity contribution in [2.45, 2.75) is 19.6 Å². The van der Waals surface area contributed by atoms with Gasteiger partial charge < -0.3 is 4.42 Å². The number of nitrogens with one attached hydrogen (secondary N) is 2. The molecule has 0 bridgehead atoms. The Labute approximate surface area is 139 Å². The van der Waals surface area contributed by atoms with Gasteiger partial charge in [-0.3, -0.25) is 20.4 Å². The van der Waals surface area contributed by atoms with Gasteiger partial charge in [0.25, 0.3) is 11.8 Å². The number of furan rings is 1. The van der Waals surface area contributed by atoms with Crippen LogP contribution in [0, 0.1) is 13.8 Å². The summed E-state index contributed by atoms with van der Waals surface area (Å²) in [6.07, 6.45) is 1.14. The van der Waals surface area contributed by atoms with Crippen molar-refractivity contribution in [1.29, 1.82) is 0 Å². The summed E-state index contributed by atoms with van der Waals surface area (Å²) < 4.78 is 27.7. The van der Waals surface area contributed by atoms with Gasteiger partial charge in [-0.05, 0) is 37.6 Å². The molecule has 0 aliphatic rings. The van der Waals surface area contributed by atoms with Gasteiger partial charge in [-0.25, -0.2) is 8.42 Å². The van der Waals surface area contributed by atoms with E-state index in [1.807, 2.05) is 0 Å². The van der Waals surface area contributed by atoms with E-state index in [2.05, 4.69) is 10.9 Å². The summed E-state index contributed by atoms with van der Waals surface area (Å²) in [5, 5.41) is 0. The lowest BCUT2D eigenvalue weighted by Crippen LogP contribution is -2.41. The van der Waals surface area contributed by atoms with Crippen molar-refractivity contribution in [2.75, 3.05) is 6.26 Å². The number of rotatable bonds is 4. The largest absolute Gasteiger partial charge is 0.466 e. The molecule has 0 aliphatic carbocycles. The first-order valence-corrected chi connectivity index (χ1v) is 9.16. The third kappa shape index (κ3) is 4.69. The van der Waals surface area contributed by atoms with Crippen LogP contribution in [-0.4, -0.2) is 26.5 Å². The maximum Gasteiger partial charge on any atom is 0.273 e. The standard InChI is InChI=1S/C16H18N2O5S/c1-10-8-14(11(2)23-10)16(20)18-17-15(19)13-6-4-12(5-7-13)9-24(3,21)22/h4-8H,9H2,1-3H3,(H,17,19)(H,18,20). The van der Waals surface area contributed by atoms with Crippen LogP contribution in [0.3, 0.4) is 0 Å². The van der Waals surface area contributed by atoms with Gasteiger partial charge >= 0.3 is 0 Å². The van der Waals surface area contributed by atoms with Crippen LogP contribution in [0.15, 0.2) is 34.7 Å². The summed E-state index contributed by atoms with van der Waals surface area (Å²) in [7, 11) is -3.13. The van der Waals surface area contributed by atoms with Gasteiger partial charge in [0.1, 0.15) is 11.5 Å². The van der Waals surface area contributed by atoms with Crippen molar-refractivity contribution < 1.29 is 22.4 Å². The van der Waals surface area contributed by atoms with Crippen molar-refractivity contribution in [3.63, 3.8) is 0 Å². The maximum absolute atomic E-state index is 12.0. The van der Waals surface area contributed by atoms with E-state index in [-0.39, 0.29) is 5.75 Å². The molecule has 1 aromatic carbocycles. The third-order valence-electron chi connectivity index (χ3n) is 3.22. The minimum atomic E-state index is -3.13. The van der Waals surface area contributed by atoms with E-state index in [0.29, 0.717) is 28.2 Å². The fourth-order valence-corrected chi connectivity index (χ4v) is 2.96. The molecule has 0 unspecified atom stereocenters. The number of sulfone groups is 1. The lowest BCUT2D eigenvalue weighted by molar-refractivity contribution is 0.0845. The zero-order chi connectivity index (χ0) is 17.9. The van der Waals surface area contributed by atoms with Gasteiger partial charge in [-0.1, -0.05) is 12.1 Å². The number of hydrogen-bond acceptors (Lipinski definition) is 5. The smallest absolute Gasteiger partial charge is 0.273 e. The van der Waals surface area contributed by atoms with Crippen LogP contribution < -0.4 is 10.9 Å². The minimum absolute atomic E-state index is 0.0925. The zero-order valence-corrected chi connectivity index (χ0v) is 14.4. The van der Waals surface area contributed by atoms with Crippen molar-refractivity contribution in [3.8, 4) is 0 Å². The Morgan fingerprint density at radius 3 is 2.12 bits per heavy atom. The highest BCUT2D eigenvalue weighted by Gasteiger charge is 2.14. The van der Waals surface area contributed by atoms with E-state index in [9.17, 15) is 18.0 Å². The summed E-state index contributed by atoms with van der Waals surface area (Å²) in [6, 6.07) is 7.68. The van der Waals surface area contributed by atoms with Crippen LogP contribution in [0.5, 0.6) is 0 Å². The first kappa shape index (κ1) is 17.7. The molecule has 2 aromatic rings. The molecule has 0 atom stereocenters. The molecule has 0 saturated carbocycles. The molecule has 2 rings (SSSR count). The fourth-order valence-electron chi connectivity index (χ4n) is 2.16. The van der Waals surface area contributed by atoms with Crippen LogP contribution in [0.4, 0.5) is 0 Å². The highest BCUT2D eigenvalue weighted by atomic mass is 32.2. The Balaban J connectivity index is 1.97. The van der Waals surface area contributed by atoms with Crippen LogP contribution >= 0.6 is 0 Å². The average molecular weight is 350 g/mol. The first-order chi connectivity index (χ1) is 11.2. The quantitative estimate of drug-likeness (QED) is 0.813. The summed E-state index contributed by atoms with van der Waals surface area (Å²) in [6.45, 7) is 3.38. The van der Waals surface area contributed by atoms with Crippen LogP contribution in [0.25, 0.3) is 0 Å².